The van der Waals surface area contributed by atoms with Crippen molar-refractivity contribution < 1.29 is 14.3 Å². The number of thioether (sulfide) groups is 1. The molecular weight excluding hydrogens is 452 g/mol. The Morgan fingerprint density at radius 3 is 2.32 bits per heavy atom. The van der Waals surface area contributed by atoms with Gasteiger partial charge in [-0.25, -0.2) is 10.4 Å². The summed E-state index contributed by atoms with van der Waals surface area (Å²) in [7, 11) is 3.18. The molecule has 0 radical (unpaired) electrons. The van der Waals surface area contributed by atoms with Crippen LogP contribution in [0.1, 0.15) is 5.56 Å². The number of carbonyl (C=O) groups is 1. The average molecular weight is 475 g/mol. The highest BCUT2D eigenvalue weighted by atomic mass is 32.2. The van der Waals surface area contributed by atoms with Gasteiger partial charge in [-0.05, 0) is 66.2 Å². The van der Waals surface area contributed by atoms with E-state index in [1.54, 1.807) is 62.9 Å². The van der Waals surface area contributed by atoms with Crippen LogP contribution in [-0.4, -0.2) is 41.6 Å². The Morgan fingerprint density at radius 2 is 1.65 bits per heavy atom. The van der Waals surface area contributed by atoms with E-state index in [0.717, 1.165) is 23.1 Å². The lowest BCUT2D eigenvalue weighted by atomic mass is 10.2. The Bertz CT molecular complexity index is 1380. The van der Waals surface area contributed by atoms with Gasteiger partial charge in [0.05, 0.1) is 42.8 Å². The molecule has 0 aliphatic heterocycles. The van der Waals surface area contributed by atoms with E-state index in [1.807, 2.05) is 30.3 Å². The van der Waals surface area contributed by atoms with E-state index >= 15 is 0 Å². The molecule has 0 aliphatic rings. The smallest absolute Gasteiger partial charge is 0.266 e. The van der Waals surface area contributed by atoms with Crippen LogP contribution in [0.3, 0.4) is 0 Å². The van der Waals surface area contributed by atoms with Gasteiger partial charge in [-0.15, -0.1) is 0 Å². The van der Waals surface area contributed by atoms with Crippen LogP contribution < -0.4 is 20.5 Å². The minimum Gasteiger partial charge on any atom is -0.497 e. The summed E-state index contributed by atoms with van der Waals surface area (Å²) in [6.45, 7) is 0. The predicted octanol–water partition coefficient (Wildman–Crippen LogP) is 3.65. The van der Waals surface area contributed by atoms with E-state index in [2.05, 4.69) is 15.5 Å². The van der Waals surface area contributed by atoms with Crippen molar-refractivity contribution in [2.75, 3.05) is 20.0 Å². The Balaban J connectivity index is 1.53. The average Bonchev–Trinajstić information content (AvgIpc) is 2.88. The number of hydrogen-bond donors (Lipinski definition) is 1. The van der Waals surface area contributed by atoms with Crippen LogP contribution in [-0.2, 0) is 4.79 Å². The van der Waals surface area contributed by atoms with E-state index in [4.69, 9.17) is 9.47 Å². The first-order valence-electron chi connectivity index (χ1n) is 10.3. The topological polar surface area (TPSA) is 94.8 Å². The van der Waals surface area contributed by atoms with Gasteiger partial charge in [-0.2, -0.15) is 5.10 Å². The molecule has 3 aromatic carbocycles. The Morgan fingerprint density at radius 1 is 1.00 bits per heavy atom. The molecular formula is C25H22N4O4S. The highest BCUT2D eigenvalue weighted by molar-refractivity contribution is 7.99. The van der Waals surface area contributed by atoms with Gasteiger partial charge < -0.3 is 9.47 Å². The van der Waals surface area contributed by atoms with Gasteiger partial charge in [0.25, 0.3) is 11.5 Å². The Hall–Kier alpha value is -4.11. The highest BCUT2D eigenvalue weighted by Gasteiger charge is 2.15. The number of carbonyl (C=O) groups excluding carboxylic acids is 1. The van der Waals surface area contributed by atoms with Crippen LogP contribution in [0.2, 0.25) is 0 Å². The molecule has 9 heteroatoms. The normalized spacial score (nSPS) is 11.0. The lowest BCUT2D eigenvalue weighted by Gasteiger charge is -2.13. The third-order valence-corrected chi connectivity index (χ3v) is 5.87. The number of fused-ring (bicyclic) bond motifs is 1. The van der Waals surface area contributed by atoms with Crippen molar-refractivity contribution in [3.05, 3.63) is 88.7 Å². The molecule has 0 fully saturated rings. The summed E-state index contributed by atoms with van der Waals surface area (Å²) in [5.74, 6) is 1.12. The van der Waals surface area contributed by atoms with Gasteiger partial charge in [-0.1, -0.05) is 23.9 Å². The van der Waals surface area contributed by atoms with Crippen molar-refractivity contribution >= 4 is 34.8 Å². The third-order valence-electron chi connectivity index (χ3n) is 4.93. The summed E-state index contributed by atoms with van der Waals surface area (Å²) in [5.41, 5.74) is 4.31. The maximum atomic E-state index is 13.3. The molecule has 0 spiro atoms. The Kier molecular flexibility index (Phi) is 7.24. The number of rotatable bonds is 8. The molecule has 1 aromatic heterocycles. The van der Waals surface area contributed by atoms with Gasteiger partial charge in [0, 0.05) is 0 Å². The minimum absolute atomic E-state index is 0.0287. The molecule has 0 saturated heterocycles. The summed E-state index contributed by atoms with van der Waals surface area (Å²) in [5, 5.41) is 4.90. The molecule has 172 valence electrons. The molecule has 0 aliphatic carbocycles. The second-order valence-corrected chi connectivity index (χ2v) is 8.05. The number of amides is 1. The molecule has 0 bridgehead atoms. The zero-order valence-electron chi connectivity index (χ0n) is 18.6. The van der Waals surface area contributed by atoms with Crippen LogP contribution in [0.25, 0.3) is 16.6 Å². The van der Waals surface area contributed by atoms with E-state index in [0.29, 0.717) is 27.5 Å². The minimum atomic E-state index is -0.321. The predicted molar refractivity (Wildman–Crippen MR) is 133 cm³/mol. The summed E-state index contributed by atoms with van der Waals surface area (Å²) < 4.78 is 11.8. The van der Waals surface area contributed by atoms with Crippen molar-refractivity contribution in [1.29, 1.82) is 0 Å². The second-order valence-electron chi connectivity index (χ2n) is 7.11. The summed E-state index contributed by atoms with van der Waals surface area (Å²) in [4.78, 5) is 30.3. The van der Waals surface area contributed by atoms with E-state index < -0.39 is 0 Å². The van der Waals surface area contributed by atoms with E-state index in [9.17, 15) is 9.59 Å². The molecule has 4 rings (SSSR count). The molecule has 0 unspecified atom stereocenters. The van der Waals surface area contributed by atoms with E-state index in [1.165, 1.54) is 4.57 Å². The lowest BCUT2D eigenvalue weighted by Crippen LogP contribution is -2.24. The van der Waals surface area contributed by atoms with E-state index in [-0.39, 0.29) is 17.2 Å². The van der Waals surface area contributed by atoms with Crippen LogP contribution in [0, 0.1) is 0 Å². The molecule has 4 aromatic rings. The van der Waals surface area contributed by atoms with Crippen LogP contribution >= 0.6 is 11.8 Å². The highest BCUT2D eigenvalue weighted by Crippen LogP contribution is 2.22. The summed E-state index contributed by atoms with van der Waals surface area (Å²) in [6, 6.07) is 21.5. The number of para-hydroxylation sites is 1. The van der Waals surface area contributed by atoms with Crippen LogP contribution in [0.4, 0.5) is 0 Å². The number of aromatic nitrogens is 2. The molecule has 0 atom stereocenters. The first kappa shape index (κ1) is 23.1. The summed E-state index contributed by atoms with van der Waals surface area (Å²) >= 11 is 1.16. The fraction of sp³-hybridized carbons (Fsp3) is 0.120. The largest absolute Gasteiger partial charge is 0.497 e. The van der Waals surface area contributed by atoms with Gasteiger partial charge in [0.2, 0.25) is 0 Å². The van der Waals surface area contributed by atoms with Gasteiger partial charge >= 0.3 is 0 Å². The van der Waals surface area contributed by atoms with Gasteiger partial charge in [0.15, 0.2) is 5.16 Å². The Labute approximate surface area is 200 Å². The maximum absolute atomic E-state index is 13.3. The zero-order valence-corrected chi connectivity index (χ0v) is 19.4. The number of ether oxygens (including phenoxy) is 2. The molecule has 34 heavy (non-hydrogen) atoms. The van der Waals surface area contributed by atoms with Crippen LogP contribution in [0.15, 0.2) is 87.8 Å². The lowest BCUT2D eigenvalue weighted by molar-refractivity contribution is -0.118. The van der Waals surface area contributed by atoms with Gasteiger partial charge in [0.1, 0.15) is 11.5 Å². The SMILES string of the molecule is COc1ccc(/C=N\NC(=O)CSc2nc3ccccc3c(=O)n2-c2ccc(OC)cc2)cc1. The third kappa shape index (κ3) is 5.26. The number of hydrazone groups is 1. The standard InChI is InChI=1S/C25H22N4O4S/c1-32-19-11-7-17(8-12-19)15-26-28-23(30)16-34-25-27-22-6-4-3-5-21(22)24(31)29(25)18-9-13-20(33-2)14-10-18/h3-15H,16H2,1-2H3,(H,28,30)/b26-15-. The van der Waals surface area contributed by atoms with Crippen molar-refractivity contribution in [3.8, 4) is 17.2 Å². The number of hydrogen-bond acceptors (Lipinski definition) is 7. The molecule has 1 amide bonds. The van der Waals surface area contributed by atoms with Gasteiger partial charge in [-0.3, -0.25) is 14.2 Å². The first-order valence-corrected chi connectivity index (χ1v) is 11.3. The van der Waals surface area contributed by atoms with Crippen LogP contribution in [0.5, 0.6) is 11.5 Å². The number of methoxy groups -OCH3 is 2. The summed E-state index contributed by atoms with van der Waals surface area (Å²) in [6.07, 6.45) is 1.55. The number of nitrogens with one attached hydrogen (secondary N) is 1. The molecule has 1 N–H and O–H groups in total. The zero-order chi connectivity index (χ0) is 23.9. The van der Waals surface area contributed by atoms with Crippen molar-refractivity contribution in [3.63, 3.8) is 0 Å². The molecule has 0 saturated carbocycles. The maximum Gasteiger partial charge on any atom is 0.266 e. The number of nitrogens with zero attached hydrogens (tertiary/aromatic N) is 3. The monoisotopic (exact) mass is 474 g/mol. The second kappa shape index (κ2) is 10.7. The quantitative estimate of drug-likeness (QED) is 0.181. The van der Waals surface area contributed by atoms with Crippen molar-refractivity contribution in [2.45, 2.75) is 5.16 Å². The van der Waals surface area contributed by atoms with Crippen molar-refractivity contribution in [1.82, 2.24) is 15.0 Å². The molecule has 8 nitrogen and oxygen atoms in total. The molecule has 1 heterocycles. The van der Waals surface area contributed by atoms with Crippen molar-refractivity contribution in [2.24, 2.45) is 5.10 Å². The first-order chi connectivity index (χ1) is 16.6. The number of benzene rings is 3. The fourth-order valence-corrected chi connectivity index (χ4v) is 4.00. The fourth-order valence-electron chi connectivity index (χ4n) is 3.20.